The second-order valence-electron chi connectivity index (χ2n) is 7.26. The molecule has 0 aliphatic rings. The van der Waals surface area contributed by atoms with Crippen molar-refractivity contribution in [2.24, 2.45) is 0 Å². The molecule has 1 aromatic heterocycles. The van der Waals surface area contributed by atoms with Gasteiger partial charge in [-0.15, -0.1) is 11.3 Å². The van der Waals surface area contributed by atoms with Gasteiger partial charge in [-0.3, -0.25) is 4.72 Å². The van der Waals surface area contributed by atoms with Gasteiger partial charge in [-0.1, -0.05) is 55.8 Å². The second kappa shape index (κ2) is 9.97. The number of rotatable bonds is 9. The van der Waals surface area contributed by atoms with E-state index in [9.17, 15) is 8.42 Å². The molecule has 0 amide bonds. The molecule has 3 aromatic carbocycles. The average molecular weight is 465 g/mol. The minimum atomic E-state index is -3.72. The van der Waals surface area contributed by atoms with Crippen molar-refractivity contribution >= 4 is 27.0 Å². The van der Waals surface area contributed by atoms with Crippen molar-refractivity contribution in [1.82, 2.24) is 4.98 Å². The van der Waals surface area contributed by atoms with Crippen molar-refractivity contribution in [1.29, 1.82) is 0 Å². The average Bonchev–Trinajstić information content (AvgIpc) is 3.31. The summed E-state index contributed by atoms with van der Waals surface area (Å²) in [5.74, 6) is 0.664. The molecule has 5 nitrogen and oxygen atoms in total. The van der Waals surface area contributed by atoms with Crippen molar-refractivity contribution in [3.8, 4) is 27.6 Å². The maximum Gasteiger partial charge on any atom is 0.261 e. The van der Waals surface area contributed by atoms with E-state index in [1.165, 1.54) is 0 Å². The number of sulfonamides is 1. The second-order valence-corrected chi connectivity index (χ2v) is 9.80. The zero-order valence-corrected chi connectivity index (χ0v) is 19.3. The molecule has 4 rings (SSSR count). The maximum atomic E-state index is 12.8. The summed E-state index contributed by atoms with van der Waals surface area (Å²) >= 11 is 1.56. The Balaban J connectivity index is 1.49. The molecule has 1 N–H and O–H groups in total. The predicted molar refractivity (Wildman–Crippen MR) is 131 cm³/mol. The van der Waals surface area contributed by atoms with E-state index in [1.807, 2.05) is 47.8 Å². The van der Waals surface area contributed by atoms with Gasteiger partial charge in [0, 0.05) is 22.2 Å². The number of aromatic nitrogens is 1. The minimum Gasteiger partial charge on any atom is -0.494 e. The fourth-order valence-corrected chi connectivity index (χ4v) is 5.01. The molecular weight excluding hydrogens is 440 g/mol. The van der Waals surface area contributed by atoms with Crippen molar-refractivity contribution in [3.05, 3.63) is 84.2 Å². The lowest BCUT2D eigenvalue weighted by Crippen LogP contribution is -2.13. The molecule has 32 heavy (non-hydrogen) atoms. The van der Waals surface area contributed by atoms with Crippen LogP contribution in [-0.2, 0) is 10.0 Å². The highest BCUT2D eigenvalue weighted by molar-refractivity contribution is 7.92. The number of unbranched alkanes of at least 4 members (excludes halogenated alkanes) is 1. The van der Waals surface area contributed by atoms with E-state index in [1.54, 1.807) is 47.7 Å². The van der Waals surface area contributed by atoms with E-state index in [2.05, 4.69) is 11.6 Å². The highest BCUT2D eigenvalue weighted by Gasteiger charge is 2.15. The number of benzene rings is 3. The van der Waals surface area contributed by atoms with E-state index >= 15 is 0 Å². The van der Waals surface area contributed by atoms with Crippen LogP contribution in [0.25, 0.3) is 21.8 Å². The smallest absolute Gasteiger partial charge is 0.261 e. The molecule has 0 saturated carbocycles. The highest BCUT2D eigenvalue weighted by Crippen LogP contribution is 2.30. The Morgan fingerprint density at radius 3 is 2.44 bits per heavy atom. The standard InChI is InChI=1S/C25H24N2O3S2/c1-2-3-16-30-22-12-14-23(15-13-22)32(28,29)27-21-11-7-10-20(17-21)24-18-31-25(26-24)19-8-5-4-6-9-19/h4-15,17-18,27H,2-3,16H2,1H3. The fourth-order valence-electron chi connectivity index (χ4n) is 3.13. The zero-order valence-electron chi connectivity index (χ0n) is 17.7. The number of hydrogen-bond acceptors (Lipinski definition) is 5. The molecule has 7 heteroatoms. The minimum absolute atomic E-state index is 0.186. The number of nitrogens with one attached hydrogen (secondary N) is 1. The van der Waals surface area contributed by atoms with E-state index in [-0.39, 0.29) is 4.90 Å². The van der Waals surface area contributed by atoms with Gasteiger partial charge in [-0.25, -0.2) is 13.4 Å². The van der Waals surface area contributed by atoms with Crippen molar-refractivity contribution < 1.29 is 13.2 Å². The van der Waals surface area contributed by atoms with Crippen LogP contribution in [0, 0.1) is 0 Å². The summed E-state index contributed by atoms with van der Waals surface area (Å²) in [6.07, 6.45) is 2.01. The third kappa shape index (κ3) is 5.36. The molecule has 0 aliphatic heterocycles. The van der Waals surface area contributed by atoms with Gasteiger partial charge in [-0.05, 0) is 42.8 Å². The van der Waals surface area contributed by atoms with Crippen LogP contribution in [0.5, 0.6) is 5.75 Å². The lowest BCUT2D eigenvalue weighted by Gasteiger charge is -2.10. The van der Waals surface area contributed by atoms with E-state index in [0.29, 0.717) is 18.0 Å². The van der Waals surface area contributed by atoms with Crippen LogP contribution in [0.15, 0.2) is 89.1 Å². The van der Waals surface area contributed by atoms with Gasteiger partial charge >= 0.3 is 0 Å². The van der Waals surface area contributed by atoms with Gasteiger partial charge in [0.15, 0.2) is 0 Å². The third-order valence-corrected chi connectivity index (χ3v) is 7.12. The molecule has 0 fully saturated rings. The first kappa shape index (κ1) is 22.0. The SMILES string of the molecule is CCCCOc1ccc(S(=O)(=O)Nc2cccc(-c3csc(-c4ccccc4)n3)c2)cc1. The lowest BCUT2D eigenvalue weighted by atomic mass is 10.1. The molecule has 0 radical (unpaired) electrons. The Bertz CT molecular complexity index is 1270. The molecule has 0 bridgehead atoms. The Labute approximate surface area is 192 Å². The number of nitrogens with zero attached hydrogens (tertiary/aromatic N) is 1. The third-order valence-electron chi connectivity index (χ3n) is 4.84. The van der Waals surface area contributed by atoms with Crippen molar-refractivity contribution in [2.45, 2.75) is 24.7 Å². The van der Waals surface area contributed by atoms with Crippen LogP contribution >= 0.6 is 11.3 Å². The van der Waals surface area contributed by atoms with Crippen LogP contribution in [-0.4, -0.2) is 20.0 Å². The monoisotopic (exact) mass is 464 g/mol. The van der Waals surface area contributed by atoms with Gasteiger partial charge in [0.25, 0.3) is 10.0 Å². The van der Waals surface area contributed by atoms with Crippen LogP contribution in [0.2, 0.25) is 0 Å². The number of ether oxygens (including phenoxy) is 1. The number of thiazole rings is 1. The van der Waals surface area contributed by atoms with Gasteiger partial charge < -0.3 is 4.74 Å². The molecule has 1 heterocycles. The Morgan fingerprint density at radius 2 is 1.69 bits per heavy atom. The summed E-state index contributed by atoms with van der Waals surface area (Å²) in [6, 6.07) is 23.7. The summed E-state index contributed by atoms with van der Waals surface area (Å²) in [4.78, 5) is 4.90. The summed E-state index contributed by atoms with van der Waals surface area (Å²) < 4.78 is 34.0. The van der Waals surface area contributed by atoms with Crippen molar-refractivity contribution in [3.63, 3.8) is 0 Å². The first-order chi connectivity index (χ1) is 15.5. The van der Waals surface area contributed by atoms with E-state index < -0.39 is 10.0 Å². The highest BCUT2D eigenvalue weighted by atomic mass is 32.2. The van der Waals surface area contributed by atoms with Gasteiger partial charge in [0.05, 0.1) is 17.2 Å². The van der Waals surface area contributed by atoms with E-state index in [0.717, 1.165) is 34.7 Å². The van der Waals surface area contributed by atoms with E-state index in [4.69, 9.17) is 9.72 Å². The Kier molecular flexibility index (Phi) is 6.87. The van der Waals surface area contributed by atoms with Gasteiger partial charge in [-0.2, -0.15) is 0 Å². The summed E-state index contributed by atoms with van der Waals surface area (Å²) in [5.41, 5.74) is 3.20. The molecule has 0 atom stereocenters. The first-order valence-corrected chi connectivity index (χ1v) is 12.8. The lowest BCUT2D eigenvalue weighted by molar-refractivity contribution is 0.309. The van der Waals surface area contributed by atoms with Crippen LogP contribution in [0.4, 0.5) is 5.69 Å². The van der Waals surface area contributed by atoms with Crippen LogP contribution in [0.3, 0.4) is 0 Å². The summed E-state index contributed by atoms with van der Waals surface area (Å²) in [6.45, 7) is 2.71. The van der Waals surface area contributed by atoms with Crippen LogP contribution in [0.1, 0.15) is 19.8 Å². The molecule has 0 spiro atoms. The molecule has 0 aliphatic carbocycles. The normalized spacial score (nSPS) is 11.3. The zero-order chi connectivity index (χ0) is 22.4. The largest absolute Gasteiger partial charge is 0.494 e. The molecule has 0 unspecified atom stereocenters. The fraction of sp³-hybridized carbons (Fsp3) is 0.160. The molecule has 0 saturated heterocycles. The first-order valence-electron chi connectivity index (χ1n) is 10.4. The topological polar surface area (TPSA) is 68.3 Å². The predicted octanol–water partition coefficient (Wildman–Crippen LogP) is 6.46. The van der Waals surface area contributed by atoms with Gasteiger partial charge in [0.1, 0.15) is 10.8 Å². The summed E-state index contributed by atoms with van der Waals surface area (Å²) in [7, 11) is -3.72. The number of anilines is 1. The number of hydrogen-bond donors (Lipinski definition) is 1. The van der Waals surface area contributed by atoms with Gasteiger partial charge in [0.2, 0.25) is 0 Å². The molecule has 164 valence electrons. The van der Waals surface area contributed by atoms with Crippen molar-refractivity contribution in [2.75, 3.05) is 11.3 Å². The summed E-state index contributed by atoms with van der Waals surface area (Å²) in [5, 5.41) is 2.90. The maximum absolute atomic E-state index is 12.8. The molecule has 4 aromatic rings. The Morgan fingerprint density at radius 1 is 0.938 bits per heavy atom. The van der Waals surface area contributed by atoms with Crippen LogP contribution < -0.4 is 9.46 Å². The Hall–Kier alpha value is -3.16. The molecular formula is C25H24N2O3S2. The quantitative estimate of drug-likeness (QED) is 0.289.